The van der Waals surface area contributed by atoms with E-state index in [0.717, 1.165) is 62.5 Å². The number of allylic oxidation sites excluding steroid dienone is 1. The van der Waals surface area contributed by atoms with Gasteiger partial charge in [-0.1, -0.05) is 46.3 Å². The number of primary amides is 1. The molecule has 10 nitrogen and oxygen atoms in total. The highest BCUT2D eigenvalue weighted by atomic mass is 32.2. The van der Waals surface area contributed by atoms with E-state index in [9.17, 15) is 24.0 Å². The van der Waals surface area contributed by atoms with E-state index >= 15 is 0 Å². The maximum atomic E-state index is 12.9. The molecule has 2 amide bonds. The number of hydrogen-bond donors (Lipinski definition) is 2. The molecule has 0 aliphatic heterocycles. The predicted molar refractivity (Wildman–Crippen MR) is 196 cm³/mol. The fraction of sp³-hybridized carbons (Fsp3) is 0.675. The summed E-state index contributed by atoms with van der Waals surface area (Å²) in [6.07, 6.45) is 9.63. The van der Waals surface area contributed by atoms with Crippen LogP contribution in [0.1, 0.15) is 129 Å². The Morgan fingerprint density at radius 2 is 1.61 bits per heavy atom. The van der Waals surface area contributed by atoms with Crippen molar-refractivity contribution in [3.8, 4) is 11.5 Å². The van der Waals surface area contributed by atoms with Crippen LogP contribution in [0.2, 0.25) is 0 Å². The van der Waals surface area contributed by atoms with Crippen LogP contribution in [-0.4, -0.2) is 48.6 Å². The Labute approximate surface area is 306 Å². The van der Waals surface area contributed by atoms with Crippen molar-refractivity contribution < 1.29 is 38.2 Å². The molecular weight excluding hydrogens is 669 g/mol. The first-order valence-corrected chi connectivity index (χ1v) is 19.3. The van der Waals surface area contributed by atoms with Crippen molar-refractivity contribution in [1.29, 1.82) is 0 Å². The van der Waals surface area contributed by atoms with Crippen molar-refractivity contribution in [3.05, 3.63) is 34.4 Å². The number of methoxy groups -OCH3 is 1. The van der Waals surface area contributed by atoms with E-state index in [-0.39, 0.29) is 56.5 Å². The molecule has 1 aromatic carbocycles. The average Bonchev–Trinajstić information content (AvgIpc) is 3.05. The Morgan fingerprint density at radius 3 is 2.18 bits per heavy atom. The van der Waals surface area contributed by atoms with E-state index in [1.807, 2.05) is 19.9 Å². The van der Waals surface area contributed by atoms with Gasteiger partial charge in [-0.05, 0) is 97.6 Å². The third-order valence-electron chi connectivity index (χ3n) is 13.7. The lowest BCUT2D eigenvalue weighted by Gasteiger charge is -2.71. The highest BCUT2D eigenvalue weighted by Crippen LogP contribution is 2.76. The number of rotatable bonds is 9. The van der Waals surface area contributed by atoms with Gasteiger partial charge in [0.15, 0.2) is 11.5 Å². The summed E-state index contributed by atoms with van der Waals surface area (Å²) in [6.45, 7) is 17.4. The van der Waals surface area contributed by atoms with Gasteiger partial charge in [-0.3, -0.25) is 19.2 Å². The molecule has 3 fully saturated rings. The number of carbonyl (C=O) groups is 5. The van der Waals surface area contributed by atoms with E-state index in [0.29, 0.717) is 5.56 Å². The number of nitrogens with two attached hydrogens (primary N) is 1. The molecule has 0 spiro atoms. The van der Waals surface area contributed by atoms with E-state index < -0.39 is 34.8 Å². The zero-order chi connectivity index (χ0) is 37.9. The molecule has 4 aliphatic rings. The molecule has 51 heavy (non-hydrogen) atoms. The summed E-state index contributed by atoms with van der Waals surface area (Å²) in [7, 11) is 1.30. The quantitative estimate of drug-likeness (QED) is 0.160. The Kier molecular flexibility index (Phi) is 10.3. The number of esters is 3. The zero-order valence-corrected chi connectivity index (χ0v) is 32.8. The van der Waals surface area contributed by atoms with Crippen LogP contribution in [0, 0.1) is 34.5 Å². The molecule has 0 heterocycles. The number of carbonyl (C=O) groups excluding carboxylic acids is 5. The largest absolute Gasteiger partial charge is 0.467 e. The van der Waals surface area contributed by atoms with Gasteiger partial charge in [0.2, 0.25) is 11.8 Å². The lowest BCUT2D eigenvalue weighted by atomic mass is 9.33. The van der Waals surface area contributed by atoms with Crippen LogP contribution in [0.15, 0.2) is 17.7 Å². The first-order chi connectivity index (χ1) is 23.7. The standard InChI is InChI=1S/C40H56N2O8S/c1-11-40-17-15-38(8)26-18-28(49-24(4)44)33(50-25(5)45)22(2)32(26)29(51-21-27(34(46)48-10)42-23(3)43)19-30(38)39(40,9)16-14-36(6)12-13-37(7,35(41)47)20-31(36)40/h18-19,27,29,31H,11-17,20-21H2,1-10H3,(H2,41,47)(H,42,43)/t27-,29?,31+,36+,37+,38-,39+,40-/m0/s1. The van der Waals surface area contributed by atoms with Gasteiger partial charge in [-0.15, -0.1) is 11.8 Å². The number of thioether (sulfide) groups is 1. The van der Waals surface area contributed by atoms with Gasteiger partial charge in [0, 0.05) is 48.2 Å². The van der Waals surface area contributed by atoms with E-state index in [1.165, 1.54) is 45.2 Å². The number of hydrogen-bond acceptors (Lipinski definition) is 9. The van der Waals surface area contributed by atoms with Gasteiger partial charge >= 0.3 is 17.9 Å². The van der Waals surface area contributed by atoms with Crippen LogP contribution >= 0.6 is 11.8 Å². The average molecular weight is 725 g/mol. The Hall–Kier alpha value is -3.34. The molecule has 0 bridgehead atoms. The number of nitrogens with one attached hydrogen (secondary N) is 1. The molecule has 4 aliphatic carbocycles. The van der Waals surface area contributed by atoms with Crippen molar-refractivity contribution in [2.45, 2.75) is 130 Å². The van der Waals surface area contributed by atoms with Crippen LogP contribution in [0.3, 0.4) is 0 Å². The Morgan fingerprint density at radius 1 is 0.961 bits per heavy atom. The molecule has 280 valence electrons. The zero-order valence-electron chi connectivity index (χ0n) is 32.0. The van der Waals surface area contributed by atoms with Gasteiger partial charge < -0.3 is 25.3 Å². The minimum absolute atomic E-state index is 0.0869. The second-order valence-corrected chi connectivity index (χ2v) is 17.8. The number of fused-ring (bicyclic) bond motifs is 7. The van der Waals surface area contributed by atoms with Gasteiger partial charge in [0.25, 0.3) is 0 Å². The third kappa shape index (κ3) is 6.29. The molecule has 0 radical (unpaired) electrons. The molecule has 3 saturated carbocycles. The summed E-state index contributed by atoms with van der Waals surface area (Å²) in [6, 6.07) is 1.01. The minimum atomic E-state index is -0.873. The monoisotopic (exact) mass is 724 g/mol. The van der Waals surface area contributed by atoms with Gasteiger partial charge in [-0.25, -0.2) is 4.79 Å². The lowest BCUT2D eigenvalue weighted by molar-refractivity contribution is -0.174. The van der Waals surface area contributed by atoms with Crippen molar-refractivity contribution in [3.63, 3.8) is 0 Å². The molecule has 0 saturated heterocycles. The molecule has 3 N–H and O–H groups in total. The lowest BCUT2D eigenvalue weighted by Crippen LogP contribution is -2.64. The van der Waals surface area contributed by atoms with Gasteiger partial charge in [0.05, 0.1) is 7.11 Å². The van der Waals surface area contributed by atoms with E-state index in [2.05, 4.69) is 39.1 Å². The van der Waals surface area contributed by atoms with Gasteiger partial charge in [-0.2, -0.15) is 0 Å². The molecule has 11 heteroatoms. The molecular formula is C40H56N2O8S. The molecule has 1 unspecified atom stereocenters. The van der Waals surface area contributed by atoms with Crippen molar-refractivity contribution >= 4 is 41.5 Å². The fourth-order valence-corrected chi connectivity index (χ4v) is 12.2. The molecule has 0 aromatic heterocycles. The highest BCUT2D eigenvalue weighted by Gasteiger charge is 2.68. The normalized spacial score (nSPS) is 34.3. The first-order valence-electron chi connectivity index (χ1n) is 18.3. The predicted octanol–water partition coefficient (Wildman–Crippen LogP) is 6.78. The molecule has 1 aromatic rings. The summed E-state index contributed by atoms with van der Waals surface area (Å²) < 4.78 is 16.5. The summed E-state index contributed by atoms with van der Waals surface area (Å²) in [4.78, 5) is 62.6. The maximum Gasteiger partial charge on any atom is 0.329 e. The Bertz CT molecular complexity index is 1690. The van der Waals surface area contributed by atoms with Crippen molar-refractivity contribution in [2.75, 3.05) is 12.9 Å². The number of benzene rings is 1. The van der Waals surface area contributed by atoms with Crippen LogP contribution < -0.4 is 20.5 Å². The minimum Gasteiger partial charge on any atom is -0.467 e. The molecule has 8 atom stereocenters. The van der Waals surface area contributed by atoms with Crippen LogP contribution in [0.5, 0.6) is 11.5 Å². The third-order valence-corrected chi connectivity index (χ3v) is 15.0. The van der Waals surface area contributed by atoms with E-state index in [1.54, 1.807) is 0 Å². The second-order valence-electron chi connectivity index (χ2n) is 16.6. The SMILES string of the molecule is CC[C@@]12CC[C@]3(C)C(=CC(SC[C@H](NC(C)=O)C(=O)OC)c4c3cc(OC(C)=O)c(OC(C)=O)c4C)[C@@]1(C)CC[C@@]1(C)CC[C@@](C)(C(N)=O)C[C@H]12. The number of ether oxygens (including phenoxy) is 3. The van der Waals surface area contributed by atoms with Crippen LogP contribution in [0.4, 0.5) is 0 Å². The summed E-state index contributed by atoms with van der Waals surface area (Å²) >= 11 is 1.52. The van der Waals surface area contributed by atoms with Gasteiger partial charge in [0.1, 0.15) is 6.04 Å². The summed E-state index contributed by atoms with van der Waals surface area (Å²) in [5, 5.41) is 2.44. The highest BCUT2D eigenvalue weighted by molar-refractivity contribution is 7.99. The number of amides is 2. The van der Waals surface area contributed by atoms with Crippen molar-refractivity contribution in [2.24, 2.45) is 33.3 Å². The second kappa shape index (κ2) is 13.6. The summed E-state index contributed by atoms with van der Waals surface area (Å²) in [5.74, 6) is -1.25. The topological polar surface area (TPSA) is 151 Å². The first kappa shape index (κ1) is 38.9. The summed E-state index contributed by atoms with van der Waals surface area (Å²) in [5.41, 5.74) is 8.74. The maximum absolute atomic E-state index is 12.9. The Balaban J connectivity index is 1.73. The van der Waals surface area contributed by atoms with Crippen LogP contribution in [0.25, 0.3) is 0 Å². The smallest absolute Gasteiger partial charge is 0.329 e. The van der Waals surface area contributed by atoms with Crippen molar-refractivity contribution in [1.82, 2.24) is 5.32 Å². The van der Waals surface area contributed by atoms with Crippen LogP contribution in [-0.2, 0) is 34.1 Å². The molecule has 5 rings (SSSR count). The fourth-order valence-electron chi connectivity index (χ4n) is 10.8. The van der Waals surface area contributed by atoms with E-state index in [4.69, 9.17) is 19.9 Å².